The lowest BCUT2D eigenvalue weighted by Gasteiger charge is -2.27. The van der Waals surface area contributed by atoms with Crippen molar-refractivity contribution in [2.45, 2.75) is 56.7 Å². The third-order valence-corrected chi connectivity index (χ3v) is 4.78. The SMILES string of the molecule is OC1CCC(Nc2nc(NCc3cnccc3C(F)(F)F)ncc2C(F)(F)F)CC1. The minimum Gasteiger partial charge on any atom is -0.393 e. The van der Waals surface area contributed by atoms with Crippen LogP contribution in [0.5, 0.6) is 0 Å². The van der Waals surface area contributed by atoms with Gasteiger partial charge in [0.2, 0.25) is 5.95 Å². The van der Waals surface area contributed by atoms with Crippen molar-refractivity contribution in [3.05, 3.63) is 41.3 Å². The summed E-state index contributed by atoms with van der Waals surface area (Å²) in [6.45, 7) is -0.372. The van der Waals surface area contributed by atoms with Crippen LogP contribution in [0.25, 0.3) is 0 Å². The molecular formula is C18H19F6N5O. The van der Waals surface area contributed by atoms with E-state index in [9.17, 15) is 31.4 Å². The fraction of sp³-hybridized carbons (Fsp3) is 0.500. The maximum Gasteiger partial charge on any atom is 0.421 e. The van der Waals surface area contributed by atoms with Crippen LogP contribution >= 0.6 is 0 Å². The molecule has 1 fully saturated rings. The van der Waals surface area contributed by atoms with E-state index < -0.39 is 35.4 Å². The number of aliphatic hydroxyl groups excluding tert-OH is 1. The van der Waals surface area contributed by atoms with Gasteiger partial charge in [-0.05, 0) is 31.7 Å². The Morgan fingerprint density at radius 2 is 1.63 bits per heavy atom. The van der Waals surface area contributed by atoms with E-state index in [0.29, 0.717) is 31.9 Å². The van der Waals surface area contributed by atoms with Gasteiger partial charge in [-0.25, -0.2) is 4.98 Å². The number of aromatic nitrogens is 3. The lowest BCUT2D eigenvalue weighted by molar-refractivity contribution is -0.138. The van der Waals surface area contributed by atoms with E-state index in [2.05, 4.69) is 25.6 Å². The molecule has 0 radical (unpaired) electrons. The highest BCUT2D eigenvalue weighted by atomic mass is 19.4. The molecule has 0 amide bonds. The van der Waals surface area contributed by atoms with Crippen LogP contribution in [-0.2, 0) is 18.9 Å². The average Bonchev–Trinajstić information content (AvgIpc) is 2.67. The Hall–Kier alpha value is -2.63. The van der Waals surface area contributed by atoms with Gasteiger partial charge in [0.05, 0.1) is 11.7 Å². The fourth-order valence-electron chi connectivity index (χ4n) is 3.22. The fourth-order valence-corrected chi connectivity index (χ4v) is 3.22. The second-order valence-corrected chi connectivity index (χ2v) is 6.99. The number of hydrogen-bond acceptors (Lipinski definition) is 6. The second-order valence-electron chi connectivity index (χ2n) is 6.99. The van der Waals surface area contributed by atoms with E-state index in [1.54, 1.807) is 0 Å². The molecule has 164 valence electrons. The Labute approximate surface area is 167 Å². The monoisotopic (exact) mass is 435 g/mol. The summed E-state index contributed by atoms with van der Waals surface area (Å²) in [4.78, 5) is 11.1. The highest BCUT2D eigenvalue weighted by molar-refractivity contribution is 5.49. The Kier molecular flexibility index (Phi) is 6.34. The highest BCUT2D eigenvalue weighted by Crippen LogP contribution is 2.35. The summed E-state index contributed by atoms with van der Waals surface area (Å²) in [5.41, 5.74) is -2.17. The van der Waals surface area contributed by atoms with E-state index in [1.807, 2.05) is 0 Å². The van der Waals surface area contributed by atoms with Gasteiger partial charge in [0.25, 0.3) is 0 Å². The van der Waals surface area contributed by atoms with Gasteiger partial charge in [-0.1, -0.05) is 0 Å². The molecule has 2 heterocycles. The molecule has 2 aromatic rings. The summed E-state index contributed by atoms with van der Waals surface area (Å²) < 4.78 is 79.2. The van der Waals surface area contributed by atoms with Crippen molar-refractivity contribution in [2.75, 3.05) is 10.6 Å². The molecule has 3 rings (SSSR count). The number of hydrogen-bond donors (Lipinski definition) is 3. The minimum absolute atomic E-state index is 0.190. The average molecular weight is 435 g/mol. The van der Waals surface area contributed by atoms with Gasteiger partial charge in [-0.15, -0.1) is 0 Å². The number of halogens is 6. The van der Waals surface area contributed by atoms with E-state index >= 15 is 0 Å². The molecule has 0 spiro atoms. The normalized spacial score (nSPS) is 20.1. The number of pyridine rings is 1. The molecule has 3 N–H and O–H groups in total. The lowest BCUT2D eigenvalue weighted by atomic mass is 9.93. The first-order chi connectivity index (χ1) is 14.0. The maximum absolute atomic E-state index is 13.3. The number of anilines is 2. The van der Waals surface area contributed by atoms with Crippen LogP contribution in [-0.4, -0.2) is 32.2 Å². The van der Waals surface area contributed by atoms with Crippen LogP contribution in [0.4, 0.5) is 38.1 Å². The zero-order chi connectivity index (χ0) is 21.9. The standard InChI is InChI=1S/C18H19F6N5O/c19-17(20,21)13-5-6-25-7-10(13)8-26-16-27-9-14(18(22,23)24)15(29-16)28-11-1-3-12(30)4-2-11/h5-7,9,11-12,30H,1-4,8H2,(H2,26,27,28,29). The summed E-state index contributed by atoms with van der Waals surface area (Å²) >= 11 is 0. The smallest absolute Gasteiger partial charge is 0.393 e. The third kappa shape index (κ3) is 5.49. The van der Waals surface area contributed by atoms with Crippen molar-refractivity contribution in [1.29, 1.82) is 0 Å². The molecule has 12 heteroatoms. The Morgan fingerprint density at radius 1 is 0.967 bits per heavy atom. The molecular weight excluding hydrogens is 416 g/mol. The summed E-state index contributed by atoms with van der Waals surface area (Å²) in [5.74, 6) is -0.707. The predicted octanol–water partition coefficient (Wildman–Crippen LogP) is 4.24. The summed E-state index contributed by atoms with van der Waals surface area (Å²) in [5, 5.41) is 14.8. The maximum atomic E-state index is 13.3. The first-order valence-corrected chi connectivity index (χ1v) is 9.17. The molecule has 0 saturated heterocycles. The molecule has 0 aliphatic heterocycles. The van der Waals surface area contributed by atoms with Crippen molar-refractivity contribution in [3.63, 3.8) is 0 Å². The largest absolute Gasteiger partial charge is 0.421 e. The Bertz CT molecular complexity index is 865. The Balaban J connectivity index is 1.80. The van der Waals surface area contributed by atoms with Crippen LogP contribution in [0.15, 0.2) is 24.7 Å². The second kappa shape index (κ2) is 8.62. The van der Waals surface area contributed by atoms with Crippen LogP contribution in [0.1, 0.15) is 42.4 Å². The summed E-state index contributed by atoms with van der Waals surface area (Å²) in [6, 6.07) is 0.502. The first-order valence-electron chi connectivity index (χ1n) is 9.17. The van der Waals surface area contributed by atoms with Gasteiger partial charge in [0, 0.05) is 36.7 Å². The van der Waals surface area contributed by atoms with Gasteiger partial charge in [0.15, 0.2) is 0 Å². The van der Waals surface area contributed by atoms with Crippen LogP contribution in [0, 0.1) is 0 Å². The number of nitrogens with zero attached hydrogens (tertiary/aromatic N) is 3. The van der Waals surface area contributed by atoms with E-state index in [4.69, 9.17) is 0 Å². The van der Waals surface area contributed by atoms with Gasteiger partial charge in [0.1, 0.15) is 11.4 Å². The summed E-state index contributed by atoms with van der Waals surface area (Å²) in [7, 11) is 0. The first kappa shape index (κ1) is 22.1. The van der Waals surface area contributed by atoms with Gasteiger partial charge in [-0.3, -0.25) is 4.98 Å². The zero-order valence-corrected chi connectivity index (χ0v) is 15.6. The van der Waals surface area contributed by atoms with Crippen molar-refractivity contribution < 1.29 is 31.4 Å². The van der Waals surface area contributed by atoms with E-state index in [-0.39, 0.29) is 24.1 Å². The zero-order valence-electron chi connectivity index (χ0n) is 15.6. The molecule has 0 unspecified atom stereocenters. The molecule has 1 aliphatic rings. The lowest BCUT2D eigenvalue weighted by Crippen LogP contribution is -2.30. The molecule has 0 bridgehead atoms. The van der Waals surface area contributed by atoms with Crippen LogP contribution < -0.4 is 10.6 Å². The molecule has 30 heavy (non-hydrogen) atoms. The van der Waals surface area contributed by atoms with Crippen molar-refractivity contribution in [2.24, 2.45) is 0 Å². The number of nitrogens with one attached hydrogen (secondary N) is 2. The number of rotatable bonds is 5. The van der Waals surface area contributed by atoms with Crippen molar-refractivity contribution in [1.82, 2.24) is 15.0 Å². The number of alkyl halides is 6. The topological polar surface area (TPSA) is 83.0 Å². The molecule has 0 aromatic carbocycles. The van der Waals surface area contributed by atoms with Gasteiger partial charge in [-0.2, -0.15) is 31.3 Å². The molecule has 0 atom stereocenters. The van der Waals surface area contributed by atoms with Crippen molar-refractivity contribution >= 4 is 11.8 Å². The van der Waals surface area contributed by atoms with E-state index in [0.717, 1.165) is 18.5 Å². The molecule has 2 aromatic heterocycles. The molecule has 1 aliphatic carbocycles. The predicted molar refractivity (Wildman–Crippen MR) is 95.5 cm³/mol. The van der Waals surface area contributed by atoms with E-state index in [1.165, 1.54) is 0 Å². The summed E-state index contributed by atoms with van der Waals surface area (Å²) in [6.07, 6.45) is -5.32. The third-order valence-electron chi connectivity index (χ3n) is 4.78. The minimum atomic E-state index is -4.71. The Morgan fingerprint density at radius 3 is 2.27 bits per heavy atom. The van der Waals surface area contributed by atoms with Crippen LogP contribution in [0.2, 0.25) is 0 Å². The highest BCUT2D eigenvalue weighted by Gasteiger charge is 2.36. The molecule has 6 nitrogen and oxygen atoms in total. The number of aliphatic hydroxyl groups is 1. The molecule has 1 saturated carbocycles. The van der Waals surface area contributed by atoms with Crippen LogP contribution in [0.3, 0.4) is 0 Å². The van der Waals surface area contributed by atoms with Crippen molar-refractivity contribution in [3.8, 4) is 0 Å². The quantitative estimate of drug-likeness (QED) is 0.610. The van der Waals surface area contributed by atoms with Gasteiger partial charge >= 0.3 is 12.4 Å². The van der Waals surface area contributed by atoms with Gasteiger partial charge < -0.3 is 15.7 Å².